The fourth-order valence-electron chi connectivity index (χ4n) is 1.54. The maximum absolute atomic E-state index is 10.6. The first-order valence-electron chi connectivity index (χ1n) is 5.77. The Hall–Kier alpha value is -2.22. The molecule has 0 heterocycles. The van der Waals surface area contributed by atoms with E-state index in [2.05, 4.69) is 11.4 Å². The summed E-state index contributed by atoms with van der Waals surface area (Å²) in [4.78, 5) is 10.6. The van der Waals surface area contributed by atoms with E-state index in [0.717, 1.165) is 18.5 Å². The van der Waals surface area contributed by atoms with Crippen molar-refractivity contribution in [3.8, 4) is 11.8 Å². The van der Waals surface area contributed by atoms with Gasteiger partial charge in [-0.05, 0) is 25.0 Å². The third-order valence-electron chi connectivity index (χ3n) is 2.51. The van der Waals surface area contributed by atoms with Crippen molar-refractivity contribution in [2.24, 2.45) is 5.73 Å². The van der Waals surface area contributed by atoms with Crippen molar-refractivity contribution in [2.75, 3.05) is 19.0 Å². The molecule has 18 heavy (non-hydrogen) atoms. The Morgan fingerprint density at radius 3 is 2.89 bits per heavy atom. The van der Waals surface area contributed by atoms with Crippen molar-refractivity contribution in [2.45, 2.75) is 19.3 Å². The number of nitrogens with one attached hydrogen (secondary N) is 1. The van der Waals surface area contributed by atoms with Crippen LogP contribution in [0.2, 0.25) is 0 Å². The lowest BCUT2D eigenvalue weighted by atomic mass is 10.1. The van der Waals surface area contributed by atoms with Gasteiger partial charge < -0.3 is 15.8 Å². The highest BCUT2D eigenvalue weighted by atomic mass is 16.5. The van der Waals surface area contributed by atoms with Crippen LogP contribution < -0.4 is 15.8 Å². The van der Waals surface area contributed by atoms with Crippen molar-refractivity contribution in [3.05, 3.63) is 23.8 Å². The first-order valence-corrected chi connectivity index (χ1v) is 5.77. The Morgan fingerprint density at radius 2 is 2.28 bits per heavy atom. The normalized spacial score (nSPS) is 9.56. The molecule has 0 unspecified atom stereocenters. The molecule has 0 aliphatic carbocycles. The summed E-state index contributed by atoms with van der Waals surface area (Å²) in [5, 5.41) is 12.1. The highest BCUT2D eigenvalue weighted by Gasteiger charge is 2.03. The van der Waals surface area contributed by atoms with Crippen LogP contribution in [0.3, 0.4) is 0 Å². The number of carbonyl (C=O) groups is 1. The summed E-state index contributed by atoms with van der Waals surface area (Å²) in [7, 11) is 1.58. The fourth-order valence-corrected chi connectivity index (χ4v) is 1.54. The third-order valence-corrected chi connectivity index (χ3v) is 2.51. The Labute approximate surface area is 107 Å². The minimum Gasteiger partial charge on any atom is -0.497 e. The monoisotopic (exact) mass is 247 g/mol. The van der Waals surface area contributed by atoms with Gasteiger partial charge in [0.05, 0.1) is 18.4 Å². The third kappa shape index (κ3) is 4.34. The van der Waals surface area contributed by atoms with Crippen molar-refractivity contribution < 1.29 is 9.53 Å². The van der Waals surface area contributed by atoms with Crippen LogP contribution in [0.5, 0.6) is 5.75 Å². The van der Waals surface area contributed by atoms with Crippen LogP contribution in [0.4, 0.5) is 5.69 Å². The van der Waals surface area contributed by atoms with E-state index >= 15 is 0 Å². The zero-order valence-corrected chi connectivity index (χ0v) is 10.4. The molecule has 96 valence electrons. The van der Waals surface area contributed by atoms with Gasteiger partial charge in [-0.2, -0.15) is 5.26 Å². The quantitative estimate of drug-likeness (QED) is 0.717. The molecule has 0 atom stereocenters. The van der Waals surface area contributed by atoms with Gasteiger partial charge in [0.25, 0.3) is 0 Å². The number of hydrogen-bond donors (Lipinski definition) is 2. The molecular formula is C13H17N3O2. The lowest BCUT2D eigenvalue weighted by Gasteiger charge is -2.09. The molecule has 0 aliphatic rings. The molecule has 0 aromatic heterocycles. The number of benzene rings is 1. The van der Waals surface area contributed by atoms with Crippen molar-refractivity contribution in [3.63, 3.8) is 0 Å². The Bertz CT molecular complexity index is 452. The van der Waals surface area contributed by atoms with Crippen LogP contribution in [-0.2, 0) is 4.79 Å². The first-order chi connectivity index (χ1) is 8.67. The van der Waals surface area contributed by atoms with Crippen LogP contribution in [-0.4, -0.2) is 19.6 Å². The molecule has 0 saturated heterocycles. The van der Waals surface area contributed by atoms with Crippen LogP contribution in [0, 0.1) is 11.3 Å². The number of rotatable bonds is 7. The van der Waals surface area contributed by atoms with Gasteiger partial charge in [0.15, 0.2) is 0 Å². The molecular weight excluding hydrogens is 230 g/mol. The van der Waals surface area contributed by atoms with E-state index < -0.39 is 0 Å². The second-order valence-corrected chi connectivity index (χ2v) is 3.87. The maximum Gasteiger partial charge on any atom is 0.217 e. The van der Waals surface area contributed by atoms with Crippen LogP contribution in [0.1, 0.15) is 24.8 Å². The average molecular weight is 247 g/mol. The Kier molecular flexibility index (Phi) is 5.52. The summed E-state index contributed by atoms with van der Waals surface area (Å²) in [6.45, 7) is 0.690. The molecule has 0 spiro atoms. The van der Waals surface area contributed by atoms with Crippen LogP contribution >= 0.6 is 0 Å². The van der Waals surface area contributed by atoms with E-state index in [1.54, 1.807) is 25.3 Å². The van der Waals surface area contributed by atoms with Gasteiger partial charge in [-0.15, -0.1) is 0 Å². The number of primary amides is 1. The minimum atomic E-state index is -0.283. The zero-order valence-electron chi connectivity index (χ0n) is 10.4. The molecule has 3 N–H and O–H groups in total. The standard InChI is InChI=1S/C13H17N3O2/c1-18-11-6-5-10(9-14)12(8-11)16-7-3-2-4-13(15)17/h5-6,8,16H,2-4,7H2,1H3,(H2,15,17). The number of methoxy groups -OCH3 is 1. The molecule has 1 rings (SSSR count). The highest BCUT2D eigenvalue weighted by Crippen LogP contribution is 2.21. The number of carbonyl (C=O) groups excluding carboxylic acids is 1. The van der Waals surface area contributed by atoms with Crippen LogP contribution in [0.25, 0.3) is 0 Å². The summed E-state index contributed by atoms with van der Waals surface area (Å²) < 4.78 is 5.10. The van der Waals surface area contributed by atoms with E-state index in [4.69, 9.17) is 15.7 Å². The number of amides is 1. The molecule has 5 nitrogen and oxygen atoms in total. The predicted octanol–water partition coefficient (Wildman–Crippen LogP) is 1.63. The van der Waals surface area contributed by atoms with Gasteiger partial charge in [-0.25, -0.2) is 0 Å². The number of anilines is 1. The Morgan fingerprint density at radius 1 is 1.50 bits per heavy atom. The van der Waals surface area contributed by atoms with E-state index in [1.807, 2.05) is 0 Å². The van der Waals surface area contributed by atoms with E-state index in [1.165, 1.54) is 0 Å². The molecule has 1 aromatic rings. The largest absolute Gasteiger partial charge is 0.497 e. The first kappa shape index (κ1) is 13.8. The minimum absolute atomic E-state index is 0.283. The number of unbranched alkanes of at least 4 members (excludes halogenated alkanes) is 1. The highest BCUT2D eigenvalue weighted by molar-refractivity contribution is 5.73. The summed E-state index contributed by atoms with van der Waals surface area (Å²) in [6.07, 6.45) is 1.96. The maximum atomic E-state index is 10.6. The fraction of sp³-hybridized carbons (Fsp3) is 0.385. The van der Waals surface area contributed by atoms with Crippen molar-refractivity contribution in [1.29, 1.82) is 5.26 Å². The number of nitriles is 1. The lowest BCUT2D eigenvalue weighted by molar-refractivity contribution is -0.118. The summed E-state index contributed by atoms with van der Waals surface area (Å²) >= 11 is 0. The average Bonchev–Trinajstić information content (AvgIpc) is 2.37. The molecule has 0 aliphatic heterocycles. The van der Waals surface area contributed by atoms with Crippen molar-refractivity contribution >= 4 is 11.6 Å². The SMILES string of the molecule is COc1ccc(C#N)c(NCCCCC(N)=O)c1. The molecule has 0 fully saturated rings. The molecule has 0 bridgehead atoms. The zero-order chi connectivity index (χ0) is 13.4. The second kappa shape index (κ2) is 7.17. The van der Waals surface area contributed by atoms with Gasteiger partial charge in [-0.1, -0.05) is 0 Å². The summed E-state index contributed by atoms with van der Waals surface area (Å²) in [5.74, 6) is 0.419. The number of nitrogens with zero attached hydrogens (tertiary/aromatic N) is 1. The number of ether oxygens (including phenoxy) is 1. The molecule has 0 saturated carbocycles. The lowest BCUT2D eigenvalue weighted by Crippen LogP contribution is -2.11. The molecule has 5 heteroatoms. The van der Waals surface area contributed by atoms with Gasteiger partial charge in [0.2, 0.25) is 5.91 Å². The van der Waals surface area contributed by atoms with Gasteiger partial charge in [-0.3, -0.25) is 4.79 Å². The predicted molar refractivity (Wildman–Crippen MR) is 69.2 cm³/mol. The van der Waals surface area contributed by atoms with Crippen LogP contribution in [0.15, 0.2) is 18.2 Å². The number of nitrogens with two attached hydrogens (primary N) is 1. The van der Waals surface area contributed by atoms with E-state index in [9.17, 15) is 4.79 Å². The van der Waals surface area contributed by atoms with Gasteiger partial charge in [0, 0.05) is 19.0 Å². The van der Waals surface area contributed by atoms with E-state index in [-0.39, 0.29) is 5.91 Å². The summed E-state index contributed by atoms with van der Waals surface area (Å²) in [5.41, 5.74) is 6.37. The van der Waals surface area contributed by atoms with E-state index in [0.29, 0.717) is 24.3 Å². The molecule has 0 radical (unpaired) electrons. The van der Waals surface area contributed by atoms with Gasteiger partial charge >= 0.3 is 0 Å². The molecule has 1 amide bonds. The Balaban J connectivity index is 2.50. The molecule has 1 aromatic carbocycles. The number of hydrogen-bond acceptors (Lipinski definition) is 4. The smallest absolute Gasteiger partial charge is 0.217 e. The topological polar surface area (TPSA) is 88.1 Å². The van der Waals surface area contributed by atoms with Gasteiger partial charge in [0.1, 0.15) is 11.8 Å². The second-order valence-electron chi connectivity index (χ2n) is 3.87. The van der Waals surface area contributed by atoms with Crippen molar-refractivity contribution in [1.82, 2.24) is 0 Å². The summed E-state index contributed by atoms with van der Waals surface area (Å²) in [6, 6.07) is 7.36.